The number of alkyl carbamates (subject to hydrolysis) is 1. The van der Waals surface area contributed by atoms with E-state index in [0.29, 0.717) is 28.8 Å². The number of ether oxygens (including phenoxy) is 2. The summed E-state index contributed by atoms with van der Waals surface area (Å²) in [4.78, 5) is 30.5. The molecule has 238 valence electrons. The van der Waals surface area contributed by atoms with Crippen molar-refractivity contribution in [1.29, 1.82) is 0 Å². The molecule has 0 bridgehead atoms. The summed E-state index contributed by atoms with van der Waals surface area (Å²) in [7, 11) is -1.52. The molecule has 2 amide bonds. The Hall–Kier alpha value is -2.86. The highest BCUT2D eigenvalue weighted by Gasteiger charge is 2.48. The molecule has 0 unspecified atom stereocenters. The van der Waals surface area contributed by atoms with Crippen LogP contribution in [0.2, 0.25) is 19.6 Å². The molecule has 2 atom stereocenters. The van der Waals surface area contributed by atoms with Crippen molar-refractivity contribution in [2.45, 2.75) is 117 Å². The lowest BCUT2D eigenvalue weighted by molar-refractivity contribution is -0.120. The highest BCUT2D eigenvalue weighted by Crippen LogP contribution is 2.51. The van der Waals surface area contributed by atoms with Crippen LogP contribution in [0.4, 0.5) is 19.4 Å². The minimum absolute atomic E-state index is 0.000347. The van der Waals surface area contributed by atoms with Crippen LogP contribution >= 0.6 is 0 Å². The summed E-state index contributed by atoms with van der Waals surface area (Å²) in [6, 6.07) is 2.21. The van der Waals surface area contributed by atoms with Crippen LogP contribution in [0.1, 0.15) is 76.9 Å². The fraction of sp³-hybridized carbons (Fsp3) is 0.677. The summed E-state index contributed by atoms with van der Waals surface area (Å²) >= 11 is 0. The smallest absolute Gasteiger partial charge is 0.408 e. The van der Waals surface area contributed by atoms with Gasteiger partial charge in [-0.05, 0) is 97.1 Å². The van der Waals surface area contributed by atoms with E-state index in [2.05, 4.69) is 47.3 Å². The highest BCUT2D eigenvalue weighted by atomic mass is 28.3. The predicted molar refractivity (Wildman–Crippen MR) is 165 cm³/mol. The van der Waals surface area contributed by atoms with Gasteiger partial charge in [-0.25, -0.2) is 23.2 Å². The van der Waals surface area contributed by atoms with E-state index in [1.807, 2.05) is 6.92 Å². The summed E-state index contributed by atoms with van der Waals surface area (Å²) in [5.74, 6) is 0.156. The zero-order valence-electron chi connectivity index (χ0n) is 26.9. The normalized spacial score (nSPS) is 17.2. The number of hydrogen-bond donors (Lipinski definition) is 2. The van der Waals surface area contributed by atoms with Gasteiger partial charge in [0, 0.05) is 22.5 Å². The molecule has 0 aromatic carbocycles. The second-order valence-corrected chi connectivity index (χ2v) is 19.7. The number of nitrogens with one attached hydrogen (secondary N) is 2. The van der Waals surface area contributed by atoms with Gasteiger partial charge in [-0.15, -0.1) is 0 Å². The Labute approximate surface area is 254 Å². The van der Waals surface area contributed by atoms with Crippen LogP contribution in [0.25, 0.3) is 11.1 Å². The average Bonchev–Trinajstić information content (AvgIpc) is 3.81. The molecule has 2 heterocycles. The van der Waals surface area contributed by atoms with Crippen molar-refractivity contribution in [3.63, 3.8) is 0 Å². The van der Waals surface area contributed by atoms with E-state index in [1.165, 1.54) is 6.07 Å². The van der Waals surface area contributed by atoms with Gasteiger partial charge < -0.3 is 20.1 Å². The van der Waals surface area contributed by atoms with Crippen LogP contribution in [-0.2, 0) is 21.0 Å². The molecule has 2 aliphatic rings. The van der Waals surface area contributed by atoms with Crippen molar-refractivity contribution >= 4 is 25.9 Å². The largest absolute Gasteiger partial charge is 0.444 e. The van der Waals surface area contributed by atoms with Gasteiger partial charge in [0.2, 0.25) is 5.91 Å². The monoisotopic (exact) mass is 619 g/mol. The standard InChI is InChI=1S/C31H47F2N5O4Si/c1-17-24(18(2)38(37-17)16-41-19(3)43(7,8)9)22-14-15-23(34-26(22)28(32)33)35-29(39)27(36-30(40)42-31(4,5)6)25(20-10-11-20)21-12-13-21/h14-15,19-21,25,27-28H,10-13,16H2,1-9H3,(H,36,40)(H,34,35,39)/t19-,27-/m0/s1. The first-order valence-corrected chi connectivity index (χ1v) is 18.8. The number of carbonyl (C=O) groups is 2. The third-order valence-corrected chi connectivity index (χ3v) is 11.0. The van der Waals surface area contributed by atoms with Crippen LogP contribution in [0.15, 0.2) is 12.1 Å². The molecular formula is C31H47F2N5O4Si. The number of aromatic nitrogens is 3. The van der Waals surface area contributed by atoms with Crippen molar-refractivity contribution in [2.75, 3.05) is 5.32 Å². The molecule has 2 saturated carbocycles. The molecule has 2 aliphatic carbocycles. The number of aryl methyl sites for hydroxylation is 1. The minimum Gasteiger partial charge on any atom is -0.444 e. The Balaban J connectivity index is 1.58. The average molecular weight is 620 g/mol. The molecule has 43 heavy (non-hydrogen) atoms. The maximum Gasteiger partial charge on any atom is 0.408 e. The van der Waals surface area contributed by atoms with Gasteiger partial charge in [-0.2, -0.15) is 5.10 Å². The molecule has 0 aliphatic heterocycles. The van der Waals surface area contributed by atoms with E-state index in [1.54, 1.807) is 38.4 Å². The SMILES string of the molecule is Cc1nn(CO[C@H](C)[Si](C)(C)C)c(C)c1-c1ccc(NC(=O)[C@@H](NC(=O)OC(C)(C)C)C(C2CC2)C2CC2)nc1C(F)F. The summed E-state index contributed by atoms with van der Waals surface area (Å²) < 4.78 is 42.1. The Morgan fingerprint density at radius 3 is 2.21 bits per heavy atom. The topological polar surface area (TPSA) is 107 Å². The quantitative estimate of drug-likeness (QED) is 0.248. The first-order chi connectivity index (χ1) is 20.0. The van der Waals surface area contributed by atoms with Gasteiger partial charge in [0.05, 0.1) is 13.8 Å². The number of pyridine rings is 1. The van der Waals surface area contributed by atoms with Crippen molar-refractivity contribution < 1.29 is 27.8 Å². The zero-order chi connectivity index (χ0) is 31.9. The van der Waals surface area contributed by atoms with E-state index in [9.17, 15) is 18.4 Å². The lowest BCUT2D eigenvalue weighted by atomic mass is 9.89. The number of amides is 2. The number of rotatable bonds is 12. The molecular weight excluding hydrogens is 572 g/mol. The Kier molecular flexibility index (Phi) is 9.70. The second kappa shape index (κ2) is 12.6. The Morgan fingerprint density at radius 2 is 1.70 bits per heavy atom. The fourth-order valence-electron chi connectivity index (χ4n) is 5.43. The maximum absolute atomic E-state index is 14.4. The van der Waals surface area contributed by atoms with Crippen molar-refractivity contribution in [3.05, 3.63) is 29.2 Å². The molecule has 0 spiro atoms. The van der Waals surface area contributed by atoms with E-state index in [-0.39, 0.29) is 29.8 Å². The summed E-state index contributed by atoms with van der Waals surface area (Å²) in [6.07, 6.45) is 0.422. The summed E-state index contributed by atoms with van der Waals surface area (Å²) in [5, 5.41) is 10.1. The molecule has 2 aromatic rings. The highest BCUT2D eigenvalue weighted by molar-refractivity contribution is 6.77. The van der Waals surface area contributed by atoms with Crippen LogP contribution in [0.5, 0.6) is 0 Å². The van der Waals surface area contributed by atoms with Crippen LogP contribution in [0, 0.1) is 31.6 Å². The van der Waals surface area contributed by atoms with Crippen LogP contribution in [-0.4, -0.2) is 52.2 Å². The first-order valence-electron chi connectivity index (χ1n) is 15.2. The fourth-order valence-corrected chi connectivity index (χ4v) is 6.01. The first kappa shape index (κ1) is 33.0. The Morgan fingerprint density at radius 1 is 1.09 bits per heavy atom. The van der Waals surface area contributed by atoms with E-state index < -0.39 is 43.8 Å². The second-order valence-electron chi connectivity index (χ2n) is 14.1. The maximum atomic E-state index is 14.4. The predicted octanol–water partition coefficient (Wildman–Crippen LogP) is 7.01. The molecule has 12 heteroatoms. The number of alkyl halides is 2. The Bertz CT molecular complexity index is 1320. The third kappa shape index (κ3) is 8.40. The van der Waals surface area contributed by atoms with E-state index >= 15 is 0 Å². The van der Waals surface area contributed by atoms with Crippen molar-refractivity contribution in [1.82, 2.24) is 20.1 Å². The molecule has 4 rings (SSSR count). The van der Waals surface area contributed by atoms with E-state index in [4.69, 9.17) is 9.47 Å². The number of anilines is 1. The van der Waals surface area contributed by atoms with Gasteiger partial charge in [-0.3, -0.25) is 4.79 Å². The number of carbonyl (C=O) groups excluding carboxylic acids is 2. The zero-order valence-corrected chi connectivity index (χ0v) is 27.9. The number of nitrogens with zero attached hydrogens (tertiary/aromatic N) is 3. The third-order valence-electron chi connectivity index (χ3n) is 8.37. The van der Waals surface area contributed by atoms with Gasteiger partial charge in [0.25, 0.3) is 6.43 Å². The number of hydrogen-bond acceptors (Lipinski definition) is 6. The van der Waals surface area contributed by atoms with Gasteiger partial charge in [-0.1, -0.05) is 19.6 Å². The van der Waals surface area contributed by atoms with E-state index in [0.717, 1.165) is 25.7 Å². The molecule has 0 radical (unpaired) electrons. The summed E-state index contributed by atoms with van der Waals surface area (Å²) in [5.41, 5.74) is 1.01. The van der Waals surface area contributed by atoms with Crippen molar-refractivity contribution in [2.24, 2.45) is 17.8 Å². The van der Waals surface area contributed by atoms with Gasteiger partial charge in [0.1, 0.15) is 29.9 Å². The lowest BCUT2D eigenvalue weighted by Crippen LogP contribution is -2.51. The van der Waals surface area contributed by atoms with Crippen LogP contribution in [0.3, 0.4) is 0 Å². The van der Waals surface area contributed by atoms with Crippen LogP contribution < -0.4 is 10.6 Å². The lowest BCUT2D eigenvalue weighted by Gasteiger charge is -2.29. The molecule has 2 aromatic heterocycles. The van der Waals surface area contributed by atoms with Crippen molar-refractivity contribution in [3.8, 4) is 11.1 Å². The summed E-state index contributed by atoms with van der Waals surface area (Å²) in [6.45, 7) is 17.8. The minimum atomic E-state index is -2.89. The molecule has 9 nitrogen and oxygen atoms in total. The molecule has 2 N–H and O–H groups in total. The molecule has 0 saturated heterocycles. The molecule has 2 fully saturated rings. The van der Waals surface area contributed by atoms with Gasteiger partial charge >= 0.3 is 6.09 Å². The number of halogens is 2. The van der Waals surface area contributed by atoms with Gasteiger partial charge in [0.15, 0.2) is 0 Å².